The highest BCUT2D eigenvalue weighted by molar-refractivity contribution is 5.78. The van der Waals surface area contributed by atoms with Crippen molar-refractivity contribution < 1.29 is 9.90 Å². The van der Waals surface area contributed by atoms with Crippen LogP contribution in [0.1, 0.15) is 71.6 Å². The van der Waals surface area contributed by atoms with Gasteiger partial charge in [0.15, 0.2) is 0 Å². The van der Waals surface area contributed by atoms with Crippen molar-refractivity contribution >= 4 is 5.91 Å². The van der Waals surface area contributed by atoms with Gasteiger partial charge in [-0.3, -0.25) is 4.79 Å². The Bertz CT molecular complexity index is 247. The average molecular weight is 269 g/mol. The van der Waals surface area contributed by atoms with E-state index in [1.807, 2.05) is 6.92 Å². The molecular weight excluding hydrogens is 238 g/mol. The van der Waals surface area contributed by atoms with Gasteiger partial charge in [-0.05, 0) is 38.0 Å². The lowest BCUT2D eigenvalue weighted by molar-refractivity contribution is -0.126. The number of amides is 1. The molecule has 0 spiro atoms. The molecule has 0 heterocycles. The lowest BCUT2D eigenvalue weighted by atomic mass is 9.79. The second-order valence-electron chi connectivity index (χ2n) is 6.05. The summed E-state index contributed by atoms with van der Waals surface area (Å²) in [5, 5.41) is 12.5. The number of nitrogens with one attached hydrogen (secondary N) is 1. The van der Waals surface area contributed by atoms with Crippen LogP contribution in [0.4, 0.5) is 0 Å². The van der Waals surface area contributed by atoms with Gasteiger partial charge >= 0.3 is 0 Å². The molecule has 112 valence electrons. The lowest BCUT2D eigenvalue weighted by Gasteiger charge is -2.28. The van der Waals surface area contributed by atoms with E-state index in [9.17, 15) is 9.90 Å². The van der Waals surface area contributed by atoms with E-state index in [0.29, 0.717) is 6.54 Å². The second-order valence-corrected chi connectivity index (χ2v) is 6.05. The van der Waals surface area contributed by atoms with Crippen molar-refractivity contribution in [3.63, 3.8) is 0 Å². The minimum Gasteiger partial charge on any atom is -0.391 e. The van der Waals surface area contributed by atoms with Gasteiger partial charge in [0, 0.05) is 12.5 Å². The molecule has 3 nitrogen and oxygen atoms in total. The molecule has 0 aliphatic heterocycles. The van der Waals surface area contributed by atoms with Crippen LogP contribution in [0.25, 0.3) is 0 Å². The molecule has 0 bridgehead atoms. The molecule has 1 aliphatic rings. The van der Waals surface area contributed by atoms with E-state index >= 15 is 0 Å². The van der Waals surface area contributed by atoms with E-state index in [1.165, 1.54) is 32.1 Å². The summed E-state index contributed by atoms with van der Waals surface area (Å²) in [4.78, 5) is 12.0. The maximum absolute atomic E-state index is 12.0. The Morgan fingerprint density at radius 3 is 2.47 bits per heavy atom. The number of carbonyl (C=O) groups is 1. The van der Waals surface area contributed by atoms with Crippen molar-refractivity contribution in [3.8, 4) is 0 Å². The minimum absolute atomic E-state index is 0.157. The Labute approximate surface area is 118 Å². The molecule has 1 aliphatic carbocycles. The third kappa shape index (κ3) is 6.42. The topological polar surface area (TPSA) is 49.3 Å². The fourth-order valence-electron chi connectivity index (χ4n) is 3.00. The van der Waals surface area contributed by atoms with Crippen molar-refractivity contribution in [2.24, 2.45) is 11.8 Å². The Morgan fingerprint density at radius 2 is 1.89 bits per heavy atom. The van der Waals surface area contributed by atoms with Crippen LogP contribution in [0.2, 0.25) is 0 Å². The van der Waals surface area contributed by atoms with E-state index in [4.69, 9.17) is 0 Å². The van der Waals surface area contributed by atoms with Crippen LogP contribution in [-0.2, 0) is 4.79 Å². The zero-order chi connectivity index (χ0) is 14.1. The minimum atomic E-state index is -0.380. The first-order chi connectivity index (χ1) is 9.17. The molecule has 1 saturated carbocycles. The third-order valence-corrected chi connectivity index (χ3v) is 4.32. The van der Waals surface area contributed by atoms with Crippen LogP contribution in [0.15, 0.2) is 0 Å². The molecule has 0 aromatic carbocycles. The molecule has 1 amide bonds. The fraction of sp³-hybridized carbons (Fsp3) is 0.938. The Balaban J connectivity index is 2.17. The van der Waals surface area contributed by atoms with Gasteiger partial charge in [0.25, 0.3) is 0 Å². The zero-order valence-electron chi connectivity index (χ0n) is 12.7. The van der Waals surface area contributed by atoms with Gasteiger partial charge in [0.1, 0.15) is 0 Å². The molecule has 19 heavy (non-hydrogen) atoms. The summed E-state index contributed by atoms with van der Waals surface area (Å²) in [5.74, 6) is 1.19. The number of hydrogen-bond acceptors (Lipinski definition) is 2. The molecule has 3 heteroatoms. The molecule has 1 atom stereocenters. The normalized spacial score (nSPS) is 25.0. The largest absolute Gasteiger partial charge is 0.391 e. The Hall–Kier alpha value is -0.570. The number of carbonyl (C=O) groups excluding carboxylic acids is 1. The van der Waals surface area contributed by atoms with Gasteiger partial charge in [-0.25, -0.2) is 0 Å². The highest BCUT2D eigenvalue weighted by atomic mass is 16.3. The molecule has 0 aromatic heterocycles. The van der Waals surface area contributed by atoms with E-state index in [1.54, 1.807) is 0 Å². The number of unbranched alkanes of at least 4 members (excludes halogenated alkanes) is 1. The predicted octanol–water partition coefficient (Wildman–Crippen LogP) is 3.26. The summed E-state index contributed by atoms with van der Waals surface area (Å²) in [6.45, 7) is 4.70. The monoisotopic (exact) mass is 269 g/mol. The number of aliphatic hydroxyl groups is 1. The zero-order valence-corrected chi connectivity index (χ0v) is 12.7. The highest BCUT2D eigenvalue weighted by Crippen LogP contribution is 2.31. The van der Waals surface area contributed by atoms with Crippen LogP contribution in [0, 0.1) is 11.8 Å². The van der Waals surface area contributed by atoms with E-state index in [0.717, 1.165) is 31.6 Å². The fourth-order valence-corrected chi connectivity index (χ4v) is 3.00. The molecular formula is C16H31NO2. The second kappa shape index (κ2) is 9.35. The maximum Gasteiger partial charge on any atom is 0.223 e. The van der Waals surface area contributed by atoms with Gasteiger partial charge in [-0.1, -0.05) is 39.5 Å². The standard InChI is InChI=1S/C16H31NO2/c1-3-5-7-13-8-10-14(11-9-13)16(19)17-12-15(18)6-4-2/h13-15,18H,3-12H2,1-2H3,(H,17,19). The van der Waals surface area contributed by atoms with Gasteiger partial charge < -0.3 is 10.4 Å². The summed E-state index contributed by atoms with van der Waals surface area (Å²) >= 11 is 0. The third-order valence-electron chi connectivity index (χ3n) is 4.32. The average Bonchev–Trinajstić information content (AvgIpc) is 2.43. The summed E-state index contributed by atoms with van der Waals surface area (Å²) < 4.78 is 0. The number of aliphatic hydroxyl groups excluding tert-OH is 1. The molecule has 0 saturated heterocycles. The summed E-state index contributed by atoms with van der Waals surface area (Å²) in [6.07, 6.45) is 9.75. The maximum atomic E-state index is 12.0. The molecule has 0 radical (unpaired) electrons. The van der Waals surface area contributed by atoms with Crippen LogP contribution in [0.3, 0.4) is 0 Å². The Morgan fingerprint density at radius 1 is 1.21 bits per heavy atom. The van der Waals surface area contributed by atoms with Crippen molar-refractivity contribution in [3.05, 3.63) is 0 Å². The van der Waals surface area contributed by atoms with E-state index in [-0.39, 0.29) is 17.9 Å². The van der Waals surface area contributed by atoms with Crippen LogP contribution < -0.4 is 5.32 Å². The molecule has 1 fully saturated rings. The molecule has 1 rings (SSSR count). The van der Waals surface area contributed by atoms with Crippen LogP contribution in [0.5, 0.6) is 0 Å². The van der Waals surface area contributed by atoms with Gasteiger partial charge in [0.2, 0.25) is 5.91 Å². The highest BCUT2D eigenvalue weighted by Gasteiger charge is 2.25. The SMILES string of the molecule is CCCCC1CCC(C(=O)NCC(O)CCC)CC1. The first-order valence-electron chi connectivity index (χ1n) is 8.13. The first-order valence-corrected chi connectivity index (χ1v) is 8.13. The van der Waals surface area contributed by atoms with Crippen LogP contribution >= 0.6 is 0 Å². The number of rotatable bonds is 8. The van der Waals surface area contributed by atoms with Gasteiger partial charge in [0.05, 0.1) is 6.10 Å². The van der Waals surface area contributed by atoms with Crippen LogP contribution in [-0.4, -0.2) is 23.7 Å². The predicted molar refractivity (Wildman–Crippen MR) is 78.9 cm³/mol. The van der Waals surface area contributed by atoms with E-state index < -0.39 is 0 Å². The van der Waals surface area contributed by atoms with E-state index in [2.05, 4.69) is 12.2 Å². The van der Waals surface area contributed by atoms with Gasteiger partial charge in [-0.2, -0.15) is 0 Å². The van der Waals surface area contributed by atoms with Crippen molar-refractivity contribution in [2.45, 2.75) is 77.7 Å². The van der Waals surface area contributed by atoms with Crippen molar-refractivity contribution in [1.82, 2.24) is 5.32 Å². The molecule has 2 N–H and O–H groups in total. The summed E-state index contributed by atoms with van der Waals surface area (Å²) in [6, 6.07) is 0. The van der Waals surface area contributed by atoms with Crippen molar-refractivity contribution in [2.75, 3.05) is 6.54 Å². The lowest BCUT2D eigenvalue weighted by Crippen LogP contribution is -2.37. The number of hydrogen-bond donors (Lipinski definition) is 2. The summed E-state index contributed by atoms with van der Waals surface area (Å²) in [7, 11) is 0. The smallest absolute Gasteiger partial charge is 0.223 e. The van der Waals surface area contributed by atoms with Crippen molar-refractivity contribution in [1.29, 1.82) is 0 Å². The van der Waals surface area contributed by atoms with Gasteiger partial charge in [-0.15, -0.1) is 0 Å². The Kier molecular flexibility index (Phi) is 8.11. The quantitative estimate of drug-likeness (QED) is 0.710. The molecule has 1 unspecified atom stereocenters. The molecule has 0 aromatic rings. The first kappa shape index (κ1) is 16.5. The summed E-state index contributed by atoms with van der Waals surface area (Å²) in [5.41, 5.74) is 0.